The van der Waals surface area contributed by atoms with E-state index in [9.17, 15) is 9.90 Å². The molecule has 2 N–H and O–H groups in total. The smallest absolute Gasteiger partial charge is 0.261 e. The van der Waals surface area contributed by atoms with Crippen molar-refractivity contribution in [2.75, 3.05) is 5.32 Å². The maximum atomic E-state index is 12.2. The van der Waals surface area contributed by atoms with Gasteiger partial charge in [-0.3, -0.25) is 4.79 Å². The molecule has 0 fully saturated rings. The third-order valence-corrected chi connectivity index (χ3v) is 3.73. The Kier molecular flexibility index (Phi) is 2.81. The van der Waals surface area contributed by atoms with Crippen LogP contribution in [0.5, 0.6) is 0 Å². The summed E-state index contributed by atoms with van der Waals surface area (Å²) in [5.74, 6) is -0.445. The third kappa shape index (κ3) is 1.91. The number of anilines is 1. The summed E-state index contributed by atoms with van der Waals surface area (Å²) in [6.07, 6.45) is 0.221. The van der Waals surface area contributed by atoms with Crippen molar-refractivity contribution in [2.45, 2.75) is 12.0 Å². The van der Waals surface area contributed by atoms with Gasteiger partial charge in [-0.05, 0) is 17.2 Å². The van der Waals surface area contributed by atoms with Gasteiger partial charge in [0, 0.05) is 6.42 Å². The molecule has 0 radical (unpaired) electrons. The van der Waals surface area contributed by atoms with Crippen molar-refractivity contribution < 1.29 is 9.90 Å². The fourth-order valence-electron chi connectivity index (χ4n) is 2.38. The van der Waals surface area contributed by atoms with Gasteiger partial charge in [-0.1, -0.05) is 54.1 Å². The Morgan fingerprint density at radius 1 is 1.11 bits per heavy atom. The molecular formula is C15H12ClNO2. The molecule has 0 aromatic heterocycles. The Morgan fingerprint density at radius 2 is 1.84 bits per heavy atom. The van der Waals surface area contributed by atoms with E-state index in [0.29, 0.717) is 16.3 Å². The number of rotatable bonds is 1. The number of nitrogens with one attached hydrogen (secondary N) is 1. The molecule has 1 aliphatic rings. The van der Waals surface area contributed by atoms with Gasteiger partial charge in [0.25, 0.3) is 5.91 Å². The summed E-state index contributed by atoms with van der Waals surface area (Å²) >= 11 is 6.05. The summed E-state index contributed by atoms with van der Waals surface area (Å²) in [4.78, 5) is 12.2. The molecular weight excluding hydrogens is 262 g/mol. The van der Waals surface area contributed by atoms with E-state index in [2.05, 4.69) is 5.32 Å². The largest absolute Gasteiger partial charge is 0.375 e. The van der Waals surface area contributed by atoms with Crippen LogP contribution in [0.3, 0.4) is 0 Å². The van der Waals surface area contributed by atoms with Crippen molar-refractivity contribution in [1.82, 2.24) is 0 Å². The average molecular weight is 274 g/mol. The van der Waals surface area contributed by atoms with Crippen molar-refractivity contribution in [3.8, 4) is 0 Å². The second kappa shape index (κ2) is 4.37. The lowest BCUT2D eigenvalue weighted by atomic mass is 9.83. The summed E-state index contributed by atoms with van der Waals surface area (Å²) in [6.45, 7) is 0. The monoisotopic (exact) mass is 273 g/mol. The molecule has 1 heterocycles. The van der Waals surface area contributed by atoms with Crippen LogP contribution < -0.4 is 5.32 Å². The number of para-hydroxylation sites is 1. The number of benzene rings is 2. The van der Waals surface area contributed by atoms with E-state index < -0.39 is 11.5 Å². The zero-order valence-electron chi connectivity index (χ0n) is 10.1. The normalized spacial score (nSPS) is 21.7. The Bertz CT molecular complexity index is 642. The van der Waals surface area contributed by atoms with E-state index in [4.69, 9.17) is 11.6 Å². The van der Waals surface area contributed by atoms with Crippen molar-refractivity contribution in [3.63, 3.8) is 0 Å². The summed E-state index contributed by atoms with van der Waals surface area (Å²) in [5.41, 5.74) is 0.463. The average Bonchev–Trinajstić information content (AvgIpc) is 2.42. The van der Waals surface area contributed by atoms with Crippen molar-refractivity contribution >= 4 is 23.2 Å². The third-order valence-electron chi connectivity index (χ3n) is 3.41. The molecule has 4 heteroatoms. The second-order valence-corrected chi connectivity index (χ2v) is 5.04. The number of carbonyl (C=O) groups excluding carboxylic acids is 1. The molecule has 19 heavy (non-hydrogen) atoms. The van der Waals surface area contributed by atoms with Crippen LogP contribution in [0.2, 0.25) is 5.02 Å². The van der Waals surface area contributed by atoms with Crippen LogP contribution in [-0.4, -0.2) is 11.0 Å². The molecule has 3 rings (SSSR count). The summed E-state index contributed by atoms with van der Waals surface area (Å²) in [6, 6.07) is 14.3. The lowest BCUT2D eigenvalue weighted by Gasteiger charge is -2.33. The molecule has 1 amide bonds. The summed E-state index contributed by atoms with van der Waals surface area (Å²) in [7, 11) is 0. The molecule has 0 aliphatic carbocycles. The topological polar surface area (TPSA) is 49.3 Å². The van der Waals surface area contributed by atoms with Gasteiger partial charge in [0.1, 0.15) is 0 Å². The van der Waals surface area contributed by atoms with Crippen LogP contribution in [0.25, 0.3) is 0 Å². The highest BCUT2D eigenvalue weighted by atomic mass is 35.5. The molecule has 1 aliphatic heterocycles. The summed E-state index contributed by atoms with van der Waals surface area (Å²) in [5, 5.41) is 13.9. The first-order valence-electron chi connectivity index (χ1n) is 5.98. The lowest BCUT2D eigenvalue weighted by Crippen LogP contribution is -2.45. The second-order valence-electron chi connectivity index (χ2n) is 4.63. The van der Waals surface area contributed by atoms with E-state index in [1.165, 1.54) is 0 Å². The fraction of sp³-hybridized carbons (Fsp3) is 0.133. The van der Waals surface area contributed by atoms with Crippen LogP contribution in [-0.2, 0) is 16.8 Å². The highest BCUT2D eigenvalue weighted by molar-refractivity contribution is 6.34. The minimum atomic E-state index is -1.54. The molecule has 96 valence electrons. The Balaban J connectivity index is 2.09. The van der Waals surface area contributed by atoms with Crippen molar-refractivity contribution in [3.05, 3.63) is 64.7 Å². The Labute approximate surface area is 115 Å². The number of amides is 1. The SMILES string of the molecule is O=C1Nc2c(Cl)cccc2C[C@]1(O)c1ccccc1. The highest BCUT2D eigenvalue weighted by Crippen LogP contribution is 2.38. The molecule has 0 saturated carbocycles. The molecule has 0 saturated heterocycles. The minimum Gasteiger partial charge on any atom is -0.375 e. The number of fused-ring (bicyclic) bond motifs is 1. The first-order valence-corrected chi connectivity index (χ1v) is 6.36. The minimum absolute atomic E-state index is 0.221. The van der Waals surface area contributed by atoms with Gasteiger partial charge in [-0.25, -0.2) is 0 Å². The highest BCUT2D eigenvalue weighted by Gasteiger charge is 2.42. The van der Waals surface area contributed by atoms with Crippen LogP contribution in [0.1, 0.15) is 11.1 Å². The van der Waals surface area contributed by atoms with Crippen LogP contribution >= 0.6 is 11.6 Å². The molecule has 0 spiro atoms. The number of hydrogen-bond donors (Lipinski definition) is 2. The van der Waals surface area contributed by atoms with E-state index >= 15 is 0 Å². The number of aliphatic hydroxyl groups is 1. The number of halogens is 1. The Hall–Kier alpha value is -1.84. The van der Waals surface area contributed by atoms with Crippen LogP contribution in [0, 0.1) is 0 Å². The predicted octanol–water partition coefficient (Wildman–Crippen LogP) is 2.72. The number of hydrogen-bond acceptors (Lipinski definition) is 2. The zero-order chi connectivity index (χ0) is 13.5. The van der Waals surface area contributed by atoms with Gasteiger partial charge in [-0.15, -0.1) is 0 Å². The van der Waals surface area contributed by atoms with Crippen molar-refractivity contribution in [1.29, 1.82) is 0 Å². The number of carbonyl (C=O) groups is 1. The summed E-state index contributed by atoms with van der Waals surface area (Å²) < 4.78 is 0. The van der Waals surface area contributed by atoms with Gasteiger partial charge in [0.05, 0.1) is 10.7 Å². The first-order chi connectivity index (χ1) is 9.11. The van der Waals surface area contributed by atoms with E-state index in [1.54, 1.807) is 30.3 Å². The van der Waals surface area contributed by atoms with Crippen LogP contribution in [0.15, 0.2) is 48.5 Å². The fourth-order valence-corrected chi connectivity index (χ4v) is 2.62. The van der Waals surface area contributed by atoms with Gasteiger partial charge >= 0.3 is 0 Å². The van der Waals surface area contributed by atoms with Gasteiger partial charge in [0.2, 0.25) is 0 Å². The van der Waals surface area contributed by atoms with Gasteiger partial charge < -0.3 is 10.4 Å². The molecule has 1 atom stereocenters. The zero-order valence-corrected chi connectivity index (χ0v) is 10.8. The van der Waals surface area contributed by atoms with Gasteiger partial charge in [0.15, 0.2) is 5.60 Å². The maximum Gasteiger partial charge on any atom is 0.261 e. The lowest BCUT2D eigenvalue weighted by molar-refractivity contribution is -0.135. The maximum absolute atomic E-state index is 12.2. The molecule has 2 aromatic rings. The van der Waals surface area contributed by atoms with Crippen molar-refractivity contribution in [2.24, 2.45) is 0 Å². The quantitative estimate of drug-likeness (QED) is 0.839. The molecule has 3 nitrogen and oxygen atoms in total. The van der Waals surface area contributed by atoms with Crippen LogP contribution in [0.4, 0.5) is 5.69 Å². The van der Waals surface area contributed by atoms with E-state index in [1.807, 2.05) is 18.2 Å². The van der Waals surface area contributed by atoms with E-state index in [0.717, 1.165) is 5.56 Å². The predicted molar refractivity (Wildman–Crippen MR) is 74.1 cm³/mol. The molecule has 0 unspecified atom stereocenters. The Morgan fingerprint density at radius 3 is 2.58 bits per heavy atom. The molecule has 0 bridgehead atoms. The first kappa shape index (κ1) is 12.2. The van der Waals surface area contributed by atoms with E-state index in [-0.39, 0.29) is 6.42 Å². The van der Waals surface area contributed by atoms with Gasteiger partial charge in [-0.2, -0.15) is 0 Å². The standard InChI is InChI=1S/C15H12ClNO2/c16-12-8-4-5-10-9-15(19,14(18)17-13(10)12)11-6-2-1-3-7-11/h1-8,19H,9H2,(H,17,18)/t15-/m0/s1. The molecule has 2 aromatic carbocycles.